The zero-order chi connectivity index (χ0) is 13.3. The smallest absolute Gasteiger partial charge is 0.212 e. The van der Waals surface area contributed by atoms with E-state index < -0.39 is 0 Å². The summed E-state index contributed by atoms with van der Waals surface area (Å²) in [5.74, 6) is 1.16. The molecule has 0 fully saturated rings. The first-order valence-electron chi connectivity index (χ1n) is 5.97. The van der Waals surface area contributed by atoms with Crippen LogP contribution in [-0.2, 0) is 0 Å². The SMILES string of the molecule is Cc1cc(-c2cnc(C(N)C(C)C)o2)ccc1F. The number of halogens is 1. The van der Waals surface area contributed by atoms with Gasteiger partial charge in [-0.25, -0.2) is 9.37 Å². The maximum Gasteiger partial charge on any atom is 0.212 e. The van der Waals surface area contributed by atoms with Crippen LogP contribution in [0, 0.1) is 18.7 Å². The fraction of sp³-hybridized carbons (Fsp3) is 0.357. The Morgan fingerprint density at radius 3 is 2.67 bits per heavy atom. The Morgan fingerprint density at radius 2 is 2.06 bits per heavy atom. The number of aryl methyl sites for hydroxylation is 1. The molecule has 0 bridgehead atoms. The van der Waals surface area contributed by atoms with Gasteiger partial charge in [0.25, 0.3) is 0 Å². The second-order valence-electron chi connectivity index (χ2n) is 4.80. The molecule has 1 aromatic carbocycles. The third kappa shape index (κ3) is 2.43. The van der Waals surface area contributed by atoms with E-state index in [4.69, 9.17) is 10.2 Å². The highest BCUT2D eigenvalue weighted by Gasteiger charge is 2.17. The molecule has 2 aromatic rings. The lowest BCUT2D eigenvalue weighted by Gasteiger charge is -2.10. The minimum absolute atomic E-state index is 0.222. The molecule has 0 aliphatic carbocycles. The summed E-state index contributed by atoms with van der Waals surface area (Å²) in [5.41, 5.74) is 7.36. The van der Waals surface area contributed by atoms with Gasteiger partial charge in [0.1, 0.15) is 5.82 Å². The molecule has 4 heteroatoms. The average Bonchev–Trinajstić information content (AvgIpc) is 2.81. The van der Waals surface area contributed by atoms with Crippen LogP contribution in [0.3, 0.4) is 0 Å². The third-order valence-electron chi connectivity index (χ3n) is 2.97. The van der Waals surface area contributed by atoms with Crippen LogP contribution >= 0.6 is 0 Å². The molecule has 0 spiro atoms. The van der Waals surface area contributed by atoms with Crippen LogP contribution in [0.4, 0.5) is 4.39 Å². The van der Waals surface area contributed by atoms with Crippen molar-refractivity contribution in [1.82, 2.24) is 4.98 Å². The molecule has 1 heterocycles. The predicted molar refractivity (Wildman–Crippen MR) is 68.4 cm³/mol. The van der Waals surface area contributed by atoms with E-state index in [1.54, 1.807) is 25.3 Å². The van der Waals surface area contributed by atoms with Crippen molar-refractivity contribution in [2.24, 2.45) is 11.7 Å². The molecular formula is C14H17FN2O. The van der Waals surface area contributed by atoms with Gasteiger partial charge in [-0.3, -0.25) is 0 Å². The Bertz CT molecular complexity index is 548. The van der Waals surface area contributed by atoms with E-state index in [9.17, 15) is 4.39 Å². The van der Waals surface area contributed by atoms with Crippen molar-refractivity contribution in [2.75, 3.05) is 0 Å². The molecule has 0 aliphatic heterocycles. The van der Waals surface area contributed by atoms with Crippen molar-refractivity contribution in [2.45, 2.75) is 26.8 Å². The van der Waals surface area contributed by atoms with Gasteiger partial charge >= 0.3 is 0 Å². The van der Waals surface area contributed by atoms with E-state index in [1.807, 2.05) is 13.8 Å². The Labute approximate surface area is 106 Å². The first kappa shape index (κ1) is 12.8. The summed E-state index contributed by atoms with van der Waals surface area (Å²) >= 11 is 0. The summed E-state index contributed by atoms with van der Waals surface area (Å²) in [4.78, 5) is 4.18. The zero-order valence-electron chi connectivity index (χ0n) is 10.8. The lowest BCUT2D eigenvalue weighted by atomic mass is 10.1. The molecule has 1 atom stereocenters. The number of hydrogen-bond donors (Lipinski definition) is 1. The van der Waals surface area contributed by atoms with Crippen LogP contribution < -0.4 is 5.73 Å². The third-order valence-corrected chi connectivity index (χ3v) is 2.97. The number of nitrogens with zero attached hydrogens (tertiary/aromatic N) is 1. The van der Waals surface area contributed by atoms with Gasteiger partial charge in [-0.2, -0.15) is 0 Å². The quantitative estimate of drug-likeness (QED) is 0.905. The maximum absolute atomic E-state index is 13.2. The molecule has 3 nitrogen and oxygen atoms in total. The van der Waals surface area contributed by atoms with E-state index >= 15 is 0 Å². The van der Waals surface area contributed by atoms with Crippen LogP contribution in [0.2, 0.25) is 0 Å². The molecule has 18 heavy (non-hydrogen) atoms. The van der Waals surface area contributed by atoms with E-state index in [-0.39, 0.29) is 17.8 Å². The van der Waals surface area contributed by atoms with Crippen LogP contribution in [0.1, 0.15) is 31.3 Å². The van der Waals surface area contributed by atoms with Crippen LogP contribution in [0.15, 0.2) is 28.8 Å². The molecule has 0 saturated heterocycles. The van der Waals surface area contributed by atoms with Gasteiger partial charge in [-0.05, 0) is 36.6 Å². The van der Waals surface area contributed by atoms with Crippen LogP contribution in [0.25, 0.3) is 11.3 Å². The number of benzene rings is 1. The second kappa shape index (κ2) is 4.90. The molecular weight excluding hydrogens is 231 g/mol. The van der Waals surface area contributed by atoms with Gasteiger partial charge in [0.05, 0.1) is 12.2 Å². The minimum atomic E-state index is -0.225. The Morgan fingerprint density at radius 1 is 1.33 bits per heavy atom. The average molecular weight is 248 g/mol. The molecule has 96 valence electrons. The topological polar surface area (TPSA) is 52.0 Å². The lowest BCUT2D eigenvalue weighted by molar-refractivity contribution is 0.394. The molecule has 0 aliphatic rings. The highest BCUT2D eigenvalue weighted by atomic mass is 19.1. The maximum atomic E-state index is 13.2. The van der Waals surface area contributed by atoms with Gasteiger partial charge in [0.15, 0.2) is 5.76 Å². The minimum Gasteiger partial charge on any atom is -0.439 e. The number of hydrogen-bond acceptors (Lipinski definition) is 3. The van der Waals surface area contributed by atoms with E-state index in [1.165, 1.54) is 6.07 Å². The molecule has 1 aromatic heterocycles. The van der Waals surface area contributed by atoms with Crippen LogP contribution in [-0.4, -0.2) is 4.98 Å². The molecule has 0 radical (unpaired) electrons. The number of aromatic nitrogens is 1. The highest BCUT2D eigenvalue weighted by molar-refractivity contribution is 5.57. The number of oxazole rings is 1. The van der Waals surface area contributed by atoms with Crippen molar-refractivity contribution < 1.29 is 8.81 Å². The molecule has 2 rings (SSSR count). The van der Waals surface area contributed by atoms with Gasteiger partial charge in [-0.15, -0.1) is 0 Å². The normalized spacial score (nSPS) is 13.0. The van der Waals surface area contributed by atoms with Gasteiger partial charge < -0.3 is 10.2 Å². The summed E-state index contributed by atoms with van der Waals surface area (Å²) < 4.78 is 18.8. The molecule has 0 amide bonds. The Hall–Kier alpha value is -1.68. The monoisotopic (exact) mass is 248 g/mol. The predicted octanol–water partition coefficient (Wildman–Crippen LogP) is 3.44. The Balaban J connectivity index is 2.32. The Kier molecular flexibility index (Phi) is 3.48. The largest absolute Gasteiger partial charge is 0.439 e. The summed E-state index contributed by atoms with van der Waals surface area (Å²) in [6.07, 6.45) is 1.63. The molecule has 1 unspecified atom stereocenters. The standard InChI is InChI=1S/C14H17FN2O/c1-8(2)13(16)14-17-7-12(18-14)10-4-5-11(15)9(3)6-10/h4-8,13H,16H2,1-3H3. The number of nitrogens with two attached hydrogens (primary N) is 1. The first-order valence-corrected chi connectivity index (χ1v) is 5.97. The summed E-state index contributed by atoms with van der Waals surface area (Å²) in [6.45, 7) is 5.74. The van der Waals surface area contributed by atoms with Crippen molar-refractivity contribution in [3.05, 3.63) is 41.7 Å². The molecule has 2 N–H and O–H groups in total. The lowest BCUT2D eigenvalue weighted by Crippen LogP contribution is -2.16. The van der Waals surface area contributed by atoms with Gasteiger partial charge in [-0.1, -0.05) is 13.8 Å². The van der Waals surface area contributed by atoms with Crippen molar-refractivity contribution in [1.29, 1.82) is 0 Å². The van der Waals surface area contributed by atoms with Crippen LogP contribution in [0.5, 0.6) is 0 Å². The second-order valence-corrected chi connectivity index (χ2v) is 4.80. The van der Waals surface area contributed by atoms with Crippen molar-refractivity contribution >= 4 is 0 Å². The molecule has 0 saturated carbocycles. The fourth-order valence-corrected chi connectivity index (χ4v) is 1.66. The van der Waals surface area contributed by atoms with Gasteiger partial charge in [0.2, 0.25) is 5.89 Å². The number of rotatable bonds is 3. The summed E-state index contributed by atoms with van der Waals surface area (Å²) in [6, 6.07) is 4.61. The van der Waals surface area contributed by atoms with Gasteiger partial charge in [0, 0.05) is 5.56 Å². The first-order chi connectivity index (χ1) is 8.49. The van der Waals surface area contributed by atoms with E-state index in [0.29, 0.717) is 17.2 Å². The van der Waals surface area contributed by atoms with E-state index in [2.05, 4.69) is 4.98 Å². The fourth-order valence-electron chi connectivity index (χ4n) is 1.66. The van der Waals surface area contributed by atoms with Crippen molar-refractivity contribution in [3.8, 4) is 11.3 Å². The van der Waals surface area contributed by atoms with E-state index in [0.717, 1.165) is 5.56 Å². The summed E-state index contributed by atoms with van der Waals surface area (Å²) in [7, 11) is 0. The summed E-state index contributed by atoms with van der Waals surface area (Å²) in [5, 5.41) is 0. The van der Waals surface area contributed by atoms with Crippen molar-refractivity contribution in [3.63, 3.8) is 0 Å². The zero-order valence-corrected chi connectivity index (χ0v) is 10.8. The highest BCUT2D eigenvalue weighted by Crippen LogP contribution is 2.26.